The van der Waals surface area contributed by atoms with Crippen LogP contribution in [0.15, 0.2) is 41.4 Å². The molecule has 0 atom stereocenters. The average Bonchev–Trinajstić information content (AvgIpc) is 2.60. The number of hydrogen-bond acceptors (Lipinski definition) is 4. The van der Waals surface area contributed by atoms with Crippen LogP contribution in [0.25, 0.3) is 0 Å². The Morgan fingerprint density at radius 2 is 1.69 bits per heavy atom. The summed E-state index contributed by atoms with van der Waals surface area (Å²) >= 11 is 0. The molecular formula is C24H32N2O3. The van der Waals surface area contributed by atoms with E-state index in [9.17, 15) is 15.0 Å². The topological polar surface area (TPSA) is 81.9 Å². The van der Waals surface area contributed by atoms with Gasteiger partial charge in [0.15, 0.2) is 0 Å². The van der Waals surface area contributed by atoms with Crippen LogP contribution in [0.4, 0.5) is 0 Å². The number of carbonyl (C=O) groups excluding carboxylic acids is 1. The number of aliphatic imine (C=N–C) groups is 1. The van der Waals surface area contributed by atoms with Crippen molar-refractivity contribution in [2.45, 2.75) is 52.4 Å². The van der Waals surface area contributed by atoms with Gasteiger partial charge in [-0.25, -0.2) is 0 Å². The zero-order valence-electron chi connectivity index (χ0n) is 18.2. The lowest BCUT2D eigenvalue weighted by Gasteiger charge is -2.27. The number of amides is 1. The van der Waals surface area contributed by atoms with Crippen LogP contribution in [-0.2, 0) is 10.8 Å². The van der Waals surface area contributed by atoms with Gasteiger partial charge in [0.05, 0.1) is 12.1 Å². The molecule has 29 heavy (non-hydrogen) atoms. The quantitative estimate of drug-likeness (QED) is 0.512. The molecule has 5 nitrogen and oxygen atoms in total. The predicted molar refractivity (Wildman–Crippen MR) is 118 cm³/mol. The first kappa shape index (κ1) is 22.5. The lowest BCUT2D eigenvalue weighted by Crippen LogP contribution is -2.26. The lowest BCUT2D eigenvalue weighted by atomic mass is 9.79. The summed E-state index contributed by atoms with van der Waals surface area (Å²) in [7, 11) is 0. The van der Waals surface area contributed by atoms with Crippen LogP contribution >= 0.6 is 0 Å². The van der Waals surface area contributed by atoms with Crippen molar-refractivity contribution in [2.24, 2.45) is 4.99 Å². The van der Waals surface area contributed by atoms with Gasteiger partial charge in [0.2, 0.25) is 0 Å². The molecule has 0 spiro atoms. The Morgan fingerprint density at radius 1 is 1.03 bits per heavy atom. The summed E-state index contributed by atoms with van der Waals surface area (Å²) in [6.45, 7) is 13.3. The predicted octanol–water partition coefficient (Wildman–Crippen LogP) is 4.54. The molecule has 2 rings (SSSR count). The minimum atomic E-state index is -0.342. The molecule has 1 amide bonds. The van der Waals surface area contributed by atoms with Crippen molar-refractivity contribution in [1.29, 1.82) is 0 Å². The first-order valence-electron chi connectivity index (χ1n) is 9.85. The van der Waals surface area contributed by atoms with Gasteiger partial charge in [0.25, 0.3) is 5.91 Å². The summed E-state index contributed by atoms with van der Waals surface area (Å²) in [5.41, 5.74) is 2.69. The van der Waals surface area contributed by atoms with Crippen molar-refractivity contribution in [2.75, 3.05) is 13.1 Å². The first-order chi connectivity index (χ1) is 13.4. The summed E-state index contributed by atoms with van der Waals surface area (Å²) in [5, 5.41) is 23.2. The Hall–Kier alpha value is -2.82. The Kier molecular flexibility index (Phi) is 6.73. The third-order valence-corrected chi connectivity index (χ3v) is 4.72. The zero-order valence-corrected chi connectivity index (χ0v) is 18.2. The number of aromatic hydroxyl groups is 2. The number of phenols is 2. The number of carbonyl (C=O) groups is 1. The summed E-state index contributed by atoms with van der Waals surface area (Å²) < 4.78 is 0. The van der Waals surface area contributed by atoms with Crippen molar-refractivity contribution in [1.82, 2.24) is 5.32 Å². The summed E-state index contributed by atoms with van der Waals surface area (Å²) in [5.74, 6) is -0.148. The van der Waals surface area contributed by atoms with E-state index in [1.54, 1.807) is 24.4 Å². The smallest absolute Gasteiger partial charge is 0.255 e. The normalized spacial score (nSPS) is 12.3. The monoisotopic (exact) mass is 396 g/mol. The number of rotatable bonds is 5. The van der Waals surface area contributed by atoms with Crippen LogP contribution in [0, 0.1) is 0 Å². The van der Waals surface area contributed by atoms with Crippen LogP contribution in [0.3, 0.4) is 0 Å². The molecule has 0 aliphatic carbocycles. The summed E-state index contributed by atoms with van der Waals surface area (Å²) in [6, 6.07) is 10.4. The van der Waals surface area contributed by atoms with Gasteiger partial charge >= 0.3 is 0 Å². The van der Waals surface area contributed by atoms with E-state index in [0.717, 1.165) is 11.1 Å². The van der Waals surface area contributed by atoms with Crippen LogP contribution in [0.2, 0.25) is 0 Å². The standard InChI is InChI=1S/C24H32N2O3/c1-23(2,3)17-13-16(21(28)19(14-17)24(4,5)6)15-25-11-12-26-22(29)18-9-7-8-10-20(18)27/h7-10,13-15,27-28H,11-12H2,1-6H3,(H,26,29). The molecule has 0 saturated carbocycles. The van der Waals surface area contributed by atoms with Crippen LogP contribution < -0.4 is 5.32 Å². The van der Waals surface area contributed by atoms with E-state index in [4.69, 9.17) is 0 Å². The Morgan fingerprint density at radius 3 is 2.28 bits per heavy atom. The average molecular weight is 397 g/mol. The van der Waals surface area contributed by atoms with Gasteiger partial charge in [-0.1, -0.05) is 59.7 Å². The number of nitrogens with one attached hydrogen (secondary N) is 1. The highest BCUT2D eigenvalue weighted by atomic mass is 16.3. The lowest BCUT2D eigenvalue weighted by molar-refractivity contribution is 0.0952. The van der Waals surface area contributed by atoms with Crippen LogP contribution in [0.1, 0.15) is 68.6 Å². The molecule has 2 aromatic carbocycles. The molecule has 0 aromatic heterocycles. The maximum Gasteiger partial charge on any atom is 0.255 e. The maximum absolute atomic E-state index is 12.1. The molecule has 0 aliphatic rings. The molecule has 5 heteroatoms. The van der Waals surface area contributed by atoms with Crippen molar-refractivity contribution in [3.63, 3.8) is 0 Å². The largest absolute Gasteiger partial charge is 0.507 e. The second-order valence-electron chi connectivity index (χ2n) is 9.27. The Labute approximate surface area is 173 Å². The van der Waals surface area contributed by atoms with Gasteiger partial charge in [0, 0.05) is 23.9 Å². The molecule has 3 N–H and O–H groups in total. The second-order valence-corrected chi connectivity index (χ2v) is 9.27. The number of nitrogens with zero attached hydrogens (tertiary/aromatic N) is 1. The molecule has 0 fully saturated rings. The fraction of sp³-hybridized carbons (Fsp3) is 0.417. The Balaban J connectivity index is 2.12. The summed E-state index contributed by atoms with van der Waals surface area (Å²) in [4.78, 5) is 16.5. The number of hydrogen-bond donors (Lipinski definition) is 3. The van der Waals surface area contributed by atoms with Gasteiger partial charge in [-0.15, -0.1) is 0 Å². The number of para-hydroxylation sites is 1. The minimum absolute atomic E-state index is 0.0490. The first-order valence-corrected chi connectivity index (χ1v) is 9.85. The SMILES string of the molecule is CC(C)(C)c1cc(C=NCCNC(=O)c2ccccc2O)c(O)c(C(C)(C)C)c1. The summed E-state index contributed by atoms with van der Waals surface area (Å²) in [6.07, 6.45) is 1.66. The second kappa shape index (κ2) is 8.68. The number of benzene rings is 2. The fourth-order valence-electron chi connectivity index (χ4n) is 2.92. The molecule has 0 aliphatic heterocycles. The molecule has 0 heterocycles. The molecule has 0 saturated heterocycles. The molecule has 2 aromatic rings. The van der Waals surface area contributed by atoms with Crippen molar-refractivity contribution < 1.29 is 15.0 Å². The van der Waals surface area contributed by atoms with Gasteiger partial charge in [-0.3, -0.25) is 9.79 Å². The maximum atomic E-state index is 12.1. The molecule has 0 unspecified atom stereocenters. The third kappa shape index (κ3) is 5.83. The third-order valence-electron chi connectivity index (χ3n) is 4.72. The van der Waals surface area contributed by atoms with Crippen LogP contribution in [-0.4, -0.2) is 35.4 Å². The van der Waals surface area contributed by atoms with Crippen molar-refractivity contribution in [3.8, 4) is 11.5 Å². The zero-order chi connectivity index (χ0) is 21.8. The van der Waals surface area contributed by atoms with Gasteiger partial charge < -0.3 is 15.5 Å². The molecule has 0 radical (unpaired) electrons. The number of phenolic OH excluding ortho intramolecular Hbond substituents is 2. The van der Waals surface area contributed by atoms with E-state index in [2.05, 4.69) is 57.9 Å². The molecular weight excluding hydrogens is 364 g/mol. The minimum Gasteiger partial charge on any atom is -0.507 e. The highest BCUT2D eigenvalue weighted by molar-refractivity contribution is 5.96. The molecule has 0 bridgehead atoms. The highest BCUT2D eigenvalue weighted by Crippen LogP contribution is 2.37. The highest BCUT2D eigenvalue weighted by Gasteiger charge is 2.24. The van der Waals surface area contributed by atoms with E-state index in [1.807, 2.05) is 6.07 Å². The van der Waals surface area contributed by atoms with Gasteiger partial charge in [-0.2, -0.15) is 0 Å². The van der Waals surface area contributed by atoms with Crippen LogP contribution in [0.5, 0.6) is 11.5 Å². The van der Waals surface area contributed by atoms with E-state index in [-0.39, 0.29) is 33.8 Å². The fourth-order valence-corrected chi connectivity index (χ4v) is 2.92. The van der Waals surface area contributed by atoms with E-state index >= 15 is 0 Å². The van der Waals surface area contributed by atoms with Crippen molar-refractivity contribution >= 4 is 12.1 Å². The van der Waals surface area contributed by atoms with Crippen molar-refractivity contribution in [3.05, 3.63) is 58.7 Å². The van der Waals surface area contributed by atoms with E-state index in [1.165, 1.54) is 6.07 Å². The van der Waals surface area contributed by atoms with Gasteiger partial charge in [-0.05, 0) is 34.6 Å². The molecule has 156 valence electrons. The van der Waals surface area contributed by atoms with E-state index in [0.29, 0.717) is 18.7 Å². The van der Waals surface area contributed by atoms with Gasteiger partial charge in [0.1, 0.15) is 11.5 Å². The Bertz CT molecular complexity index is 903. The van der Waals surface area contributed by atoms with E-state index < -0.39 is 0 Å².